The summed E-state index contributed by atoms with van der Waals surface area (Å²) >= 11 is 0. The third kappa shape index (κ3) is 8.25. The molecular formula is C18H26N4O7. The fourth-order valence-electron chi connectivity index (χ4n) is 2.34. The SMILES string of the molecule is CC(O)C(NC(=O)CNC(=O)C(CO)NC(=O)C(N)Cc1ccccc1)C(=O)O. The molecule has 0 saturated heterocycles. The number of carbonyl (C=O) groups is 4. The quantitative estimate of drug-likeness (QED) is 0.202. The minimum atomic E-state index is -1.54. The van der Waals surface area contributed by atoms with Gasteiger partial charge >= 0.3 is 5.97 Å². The summed E-state index contributed by atoms with van der Waals surface area (Å²) < 4.78 is 0. The number of aliphatic carboxylic acids is 1. The first-order valence-corrected chi connectivity index (χ1v) is 8.84. The van der Waals surface area contributed by atoms with Crippen molar-refractivity contribution in [3.05, 3.63) is 35.9 Å². The van der Waals surface area contributed by atoms with Gasteiger partial charge in [-0.3, -0.25) is 14.4 Å². The number of nitrogens with two attached hydrogens (primary N) is 1. The van der Waals surface area contributed by atoms with Gasteiger partial charge in [-0.05, 0) is 18.9 Å². The molecule has 0 saturated carbocycles. The van der Waals surface area contributed by atoms with E-state index in [1.807, 2.05) is 11.4 Å². The molecule has 8 N–H and O–H groups in total. The highest BCUT2D eigenvalue weighted by molar-refractivity contribution is 5.92. The van der Waals surface area contributed by atoms with Gasteiger partial charge in [0.05, 0.1) is 25.3 Å². The molecular weight excluding hydrogens is 384 g/mol. The number of benzene rings is 1. The maximum atomic E-state index is 12.2. The summed E-state index contributed by atoms with van der Waals surface area (Å²) in [7, 11) is 0. The Hall–Kier alpha value is -3.02. The van der Waals surface area contributed by atoms with Crippen LogP contribution in [0.4, 0.5) is 0 Å². The minimum Gasteiger partial charge on any atom is -0.480 e. The summed E-state index contributed by atoms with van der Waals surface area (Å²) in [5, 5.41) is 34.1. The van der Waals surface area contributed by atoms with Gasteiger partial charge in [0, 0.05) is 0 Å². The number of rotatable bonds is 11. The number of aliphatic hydroxyl groups is 2. The lowest BCUT2D eigenvalue weighted by atomic mass is 10.1. The molecule has 0 radical (unpaired) electrons. The van der Waals surface area contributed by atoms with Crippen LogP contribution in [0.3, 0.4) is 0 Å². The van der Waals surface area contributed by atoms with Gasteiger partial charge in [-0.2, -0.15) is 0 Å². The summed E-state index contributed by atoms with van der Waals surface area (Å²) in [5.74, 6) is -3.82. The molecule has 1 rings (SSSR count). The van der Waals surface area contributed by atoms with Crippen molar-refractivity contribution in [2.24, 2.45) is 5.73 Å². The van der Waals surface area contributed by atoms with Crippen LogP contribution >= 0.6 is 0 Å². The Morgan fingerprint density at radius 3 is 2.21 bits per heavy atom. The molecule has 0 aliphatic rings. The van der Waals surface area contributed by atoms with E-state index in [1.54, 1.807) is 24.3 Å². The molecule has 4 unspecified atom stereocenters. The minimum absolute atomic E-state index is 0.227. The predicted molar refractivity (Wildman–Crippen MR) is 101 cm³/mol. The molecule has 0 spiro atoms. The van der Waals surface area contributed by atoms with Crippen LogP contribution < -0.4 is 21.7 Å². The summed E-state index contributed by atoms with van der Waals surface area (Å²) in [6, 6.07) is 5.15. The second kappa shape index (κ2) is 11.7. The summed E-state index contributed by atoms with van der Waals surface area (Å²) in [5.41, 5.74) is 6.64. The summed E-state index contributed by atoms with van der Waals surface area (Å²) in [6.45, 7) is -0.159. The highest BCUT2D eigenvalue weighted by atomic mass is 16.4. The van der Waals surface area contributed by atoms with Crippen molar-refractivity contribution in [1.29, 1.82) is 0 Å². The fraction of sp³-hybridized carbons (Fsp3) is 0.444. The molecule has 1 aromatic carbocycles. The van der Waals surface area contributed by atoms with E-state index in [1.165, 1.54) is 6.92 Å². The van der Waals surface area contributed by atoms with Crippen LogP contribution in [0.2, 0.25) is 0 Å². The van der Waals surface area contributed by atoms with Crippen molar-refractivity contribution in [2.75, 3.05) is 13.2 Å². The molecule has 29 heavy (non-hydrogen) atoms. The Labute approximate surface area is 167 Å². The van der Waals surface area contributed by atoms with E-state index in [4.69, 9.17) is 10.8 Å². The maximum absolute atomic E-state index is 12.2. The standard InChI is InChI=1S/C18H26N4O7/c1-10(24)15(18(28)29)22-14(25)8-20-17(27)13(9-23)21-16(26)12(19)7-11-5-3-2-4-6-11/h2-6,10,12-13,15,23-24H,7-9,19H2,1H3,(H,20,27)(H,21,26)(H,22,25)(H,28,29). The highest BCUT2D eigenvalue weighted by Gasteiger charge is 2.26. The summed E-state index contributed by atoms with van der Waals surface area (Å²) in [6.07, 6.45) is -1.12. The molecule has 4 atom stereocenters. The predicted octanol–water partition coefficient (Wildman–Crippen LogP) is -2.90. The highest BCUT2D eigenvalue weighted by Crippen LogP contribution is 2.02. The second-order valence-corrected chi connectivity index (χ2v) is 6.38. The third-order valence-electron chi connectivity index (χ3n) is 3.94. The number of carbonyl (C=O) groups excluding carboxylic acids is 3. The van der Waals surface area contributed by atoms with Crippen LogP contribution in [0.15, 0.2) is 30.3 Å². The first kappa shape index (κ1) is 24.0. The zero-order valence-corrected chi connectivity index (χ0v) is 15.9. The Morgan fingerprint density at radius 2 is 1.69 bits per heavy atom. The third-order valence-corrected chi connectivity index (χ3v) is 3.94. The topological polar surface area (TPSA) is 191 Å². The van der Waals surface area contributed by atoms with Crippen LogP contribution in [0, 0.1) is 0 Å². The van der Waals surface area contributed by atoms with Crippen LogP contribution in [0.5, 0.6) is 0 Å². The molecule has 0 heterocycles. The van der Waals surface area contributed by atoms with E-state index in [0.29, 0.717) is 0 Å². The first-order chi connectivity index (χ1) is 13.6. The first-order valence-electron chi connectivity index (χ1n) is 8.84. The monoisotopic (exact) mass is 410 g/mol. The Balaban J connectivity index is 2.53. The lowest BCUT2D eigenvalue weighted by Crippen LogP contribution is -2.55. The lowest BCUT2D eigenvalue weighted by Gasteiger charge is -2.20. The zero-order chi connectivity index (χ0) is 22.0. The lowest BCUT2D eigenvalue weighted by molar-refractivity contribution is -0.144. The van der Waals surface area contributed by atoms with Gasteiger partial charge in [0.2, 0.25) is 17.7 Å². The van der Waals surface area contributed by atoms with Gasteiger partial charge in [0.25, 0.3) is 0 Å². The van der Waals surface area contributed by atoms with Gasteiger partial charge in [0.1, 0.15) is 6.04 Å². The number of carboxylic acids is 1. The van der Waals surface area contributed by atoms with Gasteiger partial charge in [-0.15, -0.1) is 0 Å². The van der Waals surface area contributed by atoms with Crippen LogP contribution in [-0.4, -0.2) is 76.4 Å². The van der Waals surface area contributed by atoms with E-state index in [2.05, 4.69) is 10.6 Å². The molecule has 0 aliphatic heterocycles. The largest absolute Gasteiger partial charge is 0.480 e. The van der Waals surface area contributed by atoms with Crippen molar-refractivity contribution < 1.29 is 34.5 Å². The van der Waals surface area contributed by atoms with Gasteiger partial charge in [-0.1, -0.05) is 30.3 Å². The van der Waals surface area contributed by atoms with Crippen molar-refractivity contribution in [3.8, 4) is 0 Å². The number of aliphatic hydroxyl groups excluding tert-OH is 2. The number of hydrogen-bond acceptors (Lipinski definition) is 7. The van der Waals surface area contributed by atoms with E-state index < -0.39 is 61.1 Å². The number of amides is 3. The number of hydrogen-bond donors (Lipinski definition) is 7. The zero-order valence-electron chi connectivity index (χ0n) is 15.9. The van der Waals surface area contributed by atoms with Crippen molar-refractivity contribution in [1.82, 2.24) is 16.0 Å². The maximum Gasteiger partial charge on any atom is 0.328 e. The van der Waals surface area contributed by atoms with Crippen LogP contribution in [-0.2, 0) is 25.6 Å². The Morgan fingerprint density at radius 1 is 1.07 bits per heavy atom. The van der Waals surface area contributed by atoms with Gasteiger partial charge in [0.15, 0.2) is 6.04 Å². The van der Waals surface area contributed by atoms with Gasteiger partial charge < -0.3 is 37.0 Å². The summed E-state index contributed by atoms with van der Waals surface area (Å²) in [4.78, 5) is 46.9. The smallest absolute Gasteiger partial charge is 0.328 e. The van der Waals surface area contributed by atoms with Crippen molar-refractivity contribution in [3.63, 3.8) is 0 Å². The molecule has 1 aromatic rings. The van der Waals surface area contributed by atoms with E-state index in [9.17, 15) is 29.4 Å². The molecule has 3 amide bonds. The van der Waals surface area contributed by atoms with Crippen LogP contribution in [0.1, 0.15) is 12.5 Å². The van der Waals surface area contributed by atoms with Crippen LogP contribution in [0.25, 0.3) is 0 Å². The average molecular weight is 410 g/mol. The Bertz CT molecular complexity index is 711. The van der Waals surface area contributed by atoms with Gasteiger partial charge in [-0.25, -0.2) is 4.79 Å². The molecule has 11 heteroatoms. The number of nitrogens with one attached hydrogen (secondary N) is 3. The van der Waals surface area contributed by atoms with Crippen molar-refractivity contribution >= 4 is 23.7 Å². The molecule has 160 valence electrons. The molecule has 0 aromatic heterocycles. The normalized spacial score (nSPS) is 14.8. The molecule has 11 nitrogen and oxygen atoms in total. The molecule has 0 fully saturated rings. The molecule has 0 bridgehead atoms. The Kier molecular flexibility index (Phi) is 9.72. The van der Waals surface area contributed by atoms with E-state index >= 15 is 0 Å². The fourth-order valence-corrected chi connectivity index (χ4v) is 2.34. The number of carboxylic acid groups (broad SMARTS) is 1. The van der Waals surface area contributed by atoms with E-state index in [-0.39, 0.29) is 6.42 Å². The van der Waals surface area contributed by atoms with Crippen molar-refractivity contribution in [2.45, 2.75) is 37.6 Å². The average Bonchev–Trinajstić information content (AvgIpc) is 2.68. The second-order valence-electron chi connectivity index (χ2n) is 6.38. The van der Waals surface area contributed by atoms with E-state index in [0.717, 1.165) is 5.56 Å². The molecule has 0 aliphatic carbocycles.